The zero-order valence-electron chi connectivity index (χ0n) is 15.1. The van der Waals surface area contributed by atoms with E-state index in [1.54, 1.807) is 0 Å². The average Bonchev–Trinajstić information content (AvgIpc) is 3.28. The van der Waals surface area contributed by atoms with Crippen molar-refractivity contribution >= 4 is 10.8 Å². The summed E-state index contributed by atoms with van der Waals surface area (Å²) in [5, 5.41) is 2.66. The van der Waals surface area contributed by atoms with E-state index in [1.165, 1.54) is 33.0 Å². The van der Waals surface area contributed by atoms with Crippen LogP contribution in [0.15, 0.2) is 91.5 Å². The van der Waals surface area contributed by atoms with Crippen molar-refractivity contribution in [2.45, 2.75) is 6.42 Å². The van der Waals surface area contributed by atoms with Crippen LogP contribution in [0.25, 0.3) is 21.9 Å². The fraction of sp³-hybridized carbons (Fsp3) is 0.0400. The number of rotatable bonds is 0. The first kappa shape index (κ1) is 21.8. The molecule has 0 spiro atoms. The van der Waals surface area contributed by atoms with Gasteiger partial charge in [-0.05, 0) is 6.42 Å². The number of hydrogen-bond acceptors (Lipinski definition) is 0. The summed E-state index contributed by atoms with van der Waals surface area (Å²) < 4.78 is 0. The van der Waals surface area contributed by atoms with E-state index in [1.807, 2.05) is 6.07 Å². The molecule has 0 radical (unpaired) electrons. The molecule has 0 fully saturated rings. The Morgan fingerprint density at radius 1 is 0.846 bits per heavy atom. The van der Waals surface area contributed by atoms with Gasteiger partial charge >= 0.3 is 21.7 Å². The first-order chi connectivity index (χ1) is 11.9. The molecule has 0 saturated heterocycles. The maximum absolute atomic E-state index is 4.25. The van der Waals surface area contributed by atoms with Crippen molar-refractivity contribution in [2.24, 2.45) is 0 Å². The van der Waals surface area contributed by atoms with Crippen LogP contribution in [0.3, 0.4) is 0 Å². The van der Waals surface area contributed by atoms with E-state index in [-0.39, 0.29) is 29.1 Å². The zero-order valence-corrected chi connectivity index (χ0v) is 16.6. The topological polar surface area (TPSA) is 0 Å². The zero-order chi connectivity index (χ0) is 16.8. The largest absolute Gasteiger partial charge is 4.00 e. The van der Waals surface area contributed by atoms with E-state index in [9.17, 15) is 0 Å². The van der Waals surface area contributed by atoms with Crippen molar-refractivity contribution in [1.82, 2.24) is 0 Å². The first-order valence-corrected chi connectivity index (χ1v) is 8.01. The molecule has 0 bridgehead atoms. The minimum Gasteiger partial charge on any atom is -0.521 e. The summed E-state index contributed by atoms with van der Waals surface area (Å²) in [6.07, 6.45) is 1.05. The minimum absolute atomic E-state index is 0. The standard InChI is InChI=1S/C13H9.C9H7.C2H3.CH3.Ti/c1-3-7-12-10(5-1)9-11-6-2-4-8-13(11)12;1-2-5-9-7-3-6-8(9)4-1;1-2;;/h1-5,7-8H,9H2;1-7H;1H,2H2;1H3;/q4*-1;+4. The molecule has 0 aliphatic heterocycles. The molecule has 1 aliphatic carbocycles. The molecule has 0 N–H and O–H groups in total. The van der Waals surface area contributed by atoms with E-state index < -0.39 is 0 Å². The molecule has 4 aromatic carbocycles. The molecule has 126 valence electrons. The Labute approximate surface area is 172 Å². The Kier molecular flexibility index (Phi) is 8.92. The van der Waals surface area contributed by atoms with Gasteiger partial charge in [-0.15, -0.1) is 35.2 Å². The molecule has 26 heavy (non-hydrogen) atoms. The van der Waals surface area contributed by atoms with Crippen molar-refractivity contribution in [3.8, 4) is 11.1 Å². The molecule has 0 heterocycles. The summed E-state index contributed by atoms with van der Waals surface area (Å²) in [7, 11) is 0. The van der Waals surface area contributed by atoms with Crippen molar-refractivity contribution < 1.29 is 21.7 Å². The smallest absolute Gasteiger partial charge is 0.521 e. The molecule has 1 aliphatic rings. The van der Waals surface area contributed by atoms with Gasteiger partial charge < -0.3 is 14.0 Å². The molecule has 0 aromatic heterocycles. The summed E-state index contributed by atoms with van der Waals surface area (Å²) in [6, 6.07) is 32.8. The Bertz CT molecular complexity index is 860. The maximum atomic E-state index is 4.25. The quantitative estimate of drug-likeness (QED) is 0.211. The molecule has 0 unspecified atom stereocenters. The monoisotopic (exact) mass is 370 g/mol. The van der Waals surface area contributed by atoms with Crippen LogP contribution in [0, 0.1) is 20.1 Å². The van der Waals surface area contributed by atoms with Gasteiger partial charge in [0.05, 0.1) is 0 Å². The van der Waals surface area contributed by atoms with Crippen molar-refractivity contribution in [3.63, 3.8) is 0 Å². The number of fused-ring (bicyclic) bond motifs is 4. The van der Waals surface area contributed by atoms with Crippen LogP contribution in [-0.2, 0) is 28.1 Å². The van der Waals surface area contributed by atoms with Crippen LogP contribution in [0.2, 0.25) is 0 Å². The van der Waals surface area contributed by atoms with E-state index >= 15 is 0 Å². The third kappa shape index (κ3) is 4.66. The van der Waals surface area contributed by atoms with Gasteiger partial charge in [-0.3, -0.25) is 6.58 Å². The van der Waals surface area contributed by atoms with E-state index in [0.717, 1.165) is 6.42 Å². The van der Waals surface area contributed by atoms with Gasteiger partial charge in [-0.25, -0.2) is 0 Å². The Morgan fingerprint density at radius 3 is 2.35 bits per heavy atom. The molecule has 0 atom stereocenters. The Hall–Kier alpha value is -2.28. The van der Waals surface area contributed by atoms with Crippen molar-refractivity contribution in [2.75, 3.05) is 0 Å². The Balaban J connectivity index is 0.000000232. The van der Waals surface area contributed by atoms with Crippen LogP contribution in [-0.4, -0.2) is 0 Å². The Morgan fingerprint density at radius 2 is 1.54 bits per heavy atom. The molecule has 4 aromatic rings. The predicted molar refractivity (Wildman–Crippen MR) is 109 cm³/mol. The van der Waals surface area contributed by atoms with E-state index in [0.29, 0.717) is 0 Å². The molecule has 0 nitrogen and oxygen atoms in total. The first-order valence-electron chi connectivity index (χ1n) is 8.01. The molecule has 1 heteroatoms. The third-order valence-electron chi connectivity index (χ3n) is 4.16. The molecular weight excluding hydrogens is 348 g/mol. The maximum Gasteiger partial charge on any atom is 4.00 e. The molecule has 5 rings (SSSR count). The second kappa shape index (κ2) is 10.7. The van der Waals surface area contributed by atoms with Crippen LogP contribution >= 0.6 is 0 Å². The summed E-state index contributed by atoms with van der Waals surface area (Å²) in [4.78, 5) is 0. The predicted octanol–water partition coefficient (Wildman–Crippen LogP) is 6.67. The summed E-state index contributed by atoms with van der Waals surface area (Å²) in [6.45, 7) is 7.00. The van der Waals surface area contributed by atoms with Crippen LogP contribution in [0.1, 0.15) is 11.1 Å². The normalized spacial score (nSPS) is 9.85. The van der Waals surface area contributed by atoms with Gasteiger partial charge in [0, 0.05) is 0 Å². The second-order valence-electron chi connectivity index (χ2n) is 5.55. The van der Waals surface area contributed by atoms with Gasteiger partial charge in [-0.2, -0.15) is 47.3 Å². The summed E-state index contributed by atoms with van der Waals surface area (Å²) in [5.74, 6) is 0. The van der Waals surface area contributed by atoms with Crippen molar-refractivity contribution in [3.05, 3.63) is 123 Å². The second-order valence-corrected chi connectivity index (χ2v) is 5.55. The van der Waals surface area contributed by atoms with Gasteiger partial charge in [-0.1, -0.05) is 41.5 Å². The van der Waals surface area contributed by atoms with Gasteiger partial charge in [0.2, 0.25) is 0 Å². The van der Waals surface area contributed by atoms with Crippen molar-refractivity contribution in [1.29, 1.82) is 0 Å². The number of benzene rings is 3. The summed E-state index contributed by atoms with van der Waals surface area (Å²) in [5.41, 5.74) is 5.51. The average molecular weight is 370 g/mol. The fourth-order valence-electron chi connectivity index (χ4n) is 3.07. The fourth-order valence-corrected chi connectivity index (χ4v) is 3.07. The van der Waals surface area contributed by atoms with E-state index in [2.05, 4.69) is 98.1 Å². The number of hydrogen-bond donors (Lipinski definition) is 0. The minimum atomic E-state index is 0. The van der Waals surface area contributed by atoms with Gasteiger partial charge in [0.15, 0.2) is 0 Å². The van der Waals surface area contributed by atoms with Gasteiger partial charge in [0.1, 0.15) is 0 Å². The van der Waals surface area contributed by atoms with Gasteiger partial charge in [0.25, 0.3) is 0 Å². The molecule has 0 saturated carbocycles. The molecular formula is C25H22Ti. The van der Waals surface area contributed by atoms with E-state index in [4.69, 9.17) is 0 Å². The van der Waals surface area contributed by atoms with Crippen LogP contribution in [0.5, 0.6) is 0 Å². The van der Waals surface area contributed by atoms with Crippen LogP contribution < -0.4 is 0 Å². The SMILES string of the molecule is [CH-]=C.[CH3-].[Ti+4].[c-]1cccc2c1Cc1ccccc1-2.c1ccc2[cH-]ccc2c1. The third-order valence-corrected chi connectivity index (χ3v) is 4.16. The van der Waals surface area contributed by atoms with Crippen LogP contribution in [0.4, 0.5) is 0 Å². The molecule has 0 amide bonds. The summed E-state index contributed by atoms with van der Waals surface area (Å²) >= 11 is 0.